The summed E-state index contributed by atoms with van der Waals surface area (Å²) in [6.07, 6.45) is 7.11. The molecule has 2 heteroatoms. The molecule has 0 saturated heterocycles. The van der Waals surface area contributed by atoms with Gasteiger partial charge in [0.25, 0.3) is 0 Å². The summed E-state index contributed by atoms with van der Waals surface area (Å²) in [5.41, 5.74) is 0.260. The standard InChI is InChI=1S/C14H26N2/c1-12-6-4-7-13(10-12)16-11-14(2,3)8-5-9-15/h12-13,16H,4-8,10-11H2,1-3H3/t12-,13-/m1/s1. The van der Waals surface area contributed by atoms with Crippen LogP contribution < -0.4 is 5.32 Å². The van der Waals surface area contributed by atoms with Gasteiger partial charge in [0.15, 0.2) is 0 Å². The minimum Gasteiger partial charge on any atom is -0.313 e. The highest BCUT2D eigenvalue weighted by Crippen LogP contribution is 2.26. The maximum absolute atomic E-state index is 8.61. The molecule has 0 spiro atoms. The van der Waals surface area contributed by atoms with Crippen LogP contribution in [0.25, 0.3) is 0 Å². The van der Waals surface area contributed by atoms with Crippen molar-refractivity contribution in [3.8, 4) is 6.07 Å². The fraction of sp³-hybridized carbons (Fsp3) is 0.929. The Morgan fingerprint density at radius 3 is 2.75 bits per heavy atom. The van der Waals surface area contributed by atoms with Crippen LogP contribution in [0.1, 0.15) is 59.3 Å². The Labute approximate surface area is 100 Å². The van der Waals surface area contributed by atoms with E-state index in [1.165, 1.54) is 25.7 Å². The highest BCUT2D eigenvalue weighted by Gasteiger charge is 2.22. The first-order valence-electron chi connectivity index (χ1n) is 6.64. The van der Waals surface area contributed by atoms with Crippen molar-refractivity contribution in [3.05, 3.63) is 0 Å². The maximum atomic E-state index is 8.61. The number of nitrogens with zero attached hydrogens (tertiary/aromatic N) is 1. The SMILES string of the molecule is C[C@@H]1CCC[C@@H](NCC(C)(C)CCC#N)C1. The van der Waals surface area contributed by atoms with Crippen LogP contribution in [0.2, 0.25) is 0 Å². The van der Waals surface area contributed by atoms with Crippen LogP contribution in [0, 0.1) is 22.7 Å². The molecule has 1 aliphatic carbocycles. The normalized spacial score (nSPS) is 26.4. The van der Waals surface area contributed by atoms with Gasteiger partial charge in [0.2, 0.25) is 0 Å². The molecule has 0 aromatic carbocycles. The third kappa shape index (κ3) is 4.99. The molecule has 92 valence electrons. The Kier molecular flexibility index (Phi) is 5.28. The molecule has 0 heterocycles. The number of hydrogen-bond donors (Lipinski definition) is 1. The van der Waals surface area contributed by atoms with Gasteiger partial charge in [-0.05, 0) is 30.6 Å². The molecule has 0 bridgehead atoms. The zero-order chi connectivity index (χ0) is 12.0. The molecule has 1 fully saturated rings. The van der Waals surface area contributed by atoms with Crippen LogP contribution in [0.5, 0.6) is 0 Å². The van der Waals surface area contributed by atoms with E-state index >= 15 is 0 Å². The van der Waals surface area contributed by atoms with Crippen LogP contribution in [-0.2, 0) is 0 Å². The molecule has 0 unspecified atom stereocenters. The number of hydrogen-bond acceptors (Lipinski definition) is 2. The fourth-order valence-electron chi connectivity index (χ4n) is 2.52. The summed E-state index contributed by atoms with van der Waals surface area (Å²) in [7, 11) is 0. The molecule has 2 nitrogen and oxygen atoms in total. The second-order valence-electron chi connectivity index (χ2n) is 6.17. The average Bonchev–Trinajstić information content (AvgIpc) is 2.24. The molecule has 0 aromatic heterocycles. The van der Waals surface area contributed by atoms with Gasteiger partial charge < -0.3 is 5.32 Å². The van der Waals surface area contributed by atoms with Gasteiger partial charge in [-0.1, -0.05) is 33.6 Å². The van der Waals surface area contributed by atoms with Crippen molar-refractivity contribution < 1.29 is 0 Å². The zero-order valence-corrected chi connectivity index (χ0v) is 11.1. The fourth-order valence-corrected chi connectivity index (χ4v) is 2.52. The van der Waals surface area contributed by atoms with Gasteiger partial charge in [-0.3, -0.25) is 0 Å². The maximum Gasteiger partial charge on any atom is 0.0621 e. The number of nitrogens with one attached hydrogen (secondary N) is 1. The smallest absolute Gasteiger partial charge is 0.0621 e. The van der Waals surface area contributed by atoms with E-state index in [2.05, 4.69) is 32.2 Å². The first-order chi connectivity index (χ1) is 7.53. The lowest BCUT2D eigenvalue weighted by Gasteiger charge is -2.32. The van der Waals surface area contributed by atoms with E-state index in [0.29, 0.717) is 12.5 Å². The van der Waals surface area contributed by atoms with Gasteiger partial charge in [0.1, 0.15) is 0 Å². The Hall–Kier alpha value is -0.550. The summed E-state index contributed by atoms with van der Waals surface area (Å²) in [6, 6.07) is 2.95. The van der Waals surface area contributed by atoms with Crippen molar-refractivity contribution in [3.63, 3.8) is 0 Å². The van der Waals surface area contributed by atoms with Gasteiger partial charge in [-0.15, -0.1) is 0 Å². The molecule has 0 amide bonds. The second kappa shape index (κ2) is 6.25. The predicted molar refractivity (Wildman–Crippen MR) is 68.1 cm³/mol. The summed E-state index contributed by atoms with van der Waals surface area (Å²) < 4.78 is 0. The highest BCUT2D eigenvalue weighted by molar-refractivity contribution is 4.82. The molecule has 0 aromatic rings. The lowest BCUT2D eigenvalue weighted by molar-refractivity contribution is 0.250. The number of rotatable bonds is 5. The molecule has 1 saturated carbocycles. The molecule has 16 heavy (non-hydrogen) atoms. The van der Waals surface area contributed by atoms with Crippen LogP contribution >= 0.6 is 0 Å². The van der Waals surface area contributed by atoms with Gasteiger partial charge in [-0.2, -0.15) is 5.26 Å². The van der Waals surface area contributed by atoms with E-state index in [1.807, 2.05) is 0 Å². The van der Waals surface area contributed by atoms with E-state index < -0.39 is 0 Å². The number of nitriles is 1. The molecule has 1 rings (SSSR count). The van der Waals surface area contributed by atoms with Crippen LogP contribution in [-0.4, -0.2) is 12.6 Å². The van der Waals surface area contributed by atoms with Gasteiger partial charge >= 0.3 is 0 Å². The predicted octanol–water partition coefficient (Wildman–Crippen LogP) is 3.48. The minimum atomic E-state index is 0.260. The summed E-state index contributed by atoms with van der Waals surface area (Å²) in [6.45, 7) is 7.91. The van der Waals surface area contributed by atoms with E-state index in [9.17, 15) is 0 Å². The molecular formula is C14H26N2. The summed E-state index contributed by atoms with van der Waals surface area (Å²) in [5, 5.41) is 12.3. The molecule has 0 radical (unpaired) electrons. The lowest BCUT2D eigenvalue weighted by atomic mass is 9.84. The third-order valence-corrected chi connectivity index (χ3v) is 3.72. The first-order valence-corrected chi connectivity index (χ1v) is 6.64. The van der Waals surface area contributed by atoms with Crippen molar-refractivity contribution in [2.45, 2.75) is 65.3 Å². The van der Waals surface area contributed by atoms with E-state index in [-0.39, 0.29) is 5.41 Å². The zero-order valence-electron chi connectivity index (χ0n) is 11.1. The van der Waals surface area contributed by atoms with Gasteiger partial charge in [0.05, 0.1) is 6.07 Å². The van der Waals surface area contributed by atoms with E-state index in [1.54, 1.807) is 0 Å². The van der Waals surface area contributed by atoms with Crippen LogP contribution in [0.3, 0.4) is 0 Å². The highest BCUT2D eigenvalue weighted by atomic mass is 14.9. The largest absolute Gasteiger partial charge is 0.313 e. The Bertz CT molecular complexity index is 240. The van der Waals surface area contributed by atoms with Gasteiger partial charge in [-0.25, -0.2) is 0 Å². The molecule has 2 atom stereocenters. The second-order valence-corrected chi connectivity index (χ2v) is 6.17. The summed E-state index contributed by atoms with van der Waals surface area (Å²) >= 11 is 0. The molecule has 0 aliphatic heterocycles. The van der Waals surface area contributed by atoms with Crippen molar-refractivity contribution in [2.24, 2.45) is 11.3 Å². The Morgan fingerprint density at radius 2 is 2.12 bits per heavy atom. The monoisotopic (exact) mass is 222 g/mol. The third-order valence-electron chi connectivity index (χ3n) is 3.72. The molecular weight excluding hydrogens is 196 g/mol. The topological polar surface area (TPSA) is 35.8 Å². The van der Waals surface area contributed by atoms with Gasteiger partial charge in [0, 0.05) is 19.0 Å². The van der Waals surface area contributed by atoms with Crippen molar-refractivity contribution in [2.75, 3.05) is 6.54 Å². The molecule has 1 N–H and O–H groups in total. The Morgan fingerprint density at radius 1 is 1.38 bits per heavy atom. The van der Waals surface area contributed by atoms with Crippen LogP contribution in [0.4, 0.5) is 0 Å². The lowest BCUT2D eigenvalue weighted by Crippen LogP contribution is -2.39. The first kappa shape index (κ1) is 13.5. The van der Waals surface area contributed by atoms with Crippen molar-refractivity contribution >= 4 is 0 Å². The van der Waals surface area contributed by atoms with E-state index in [0.717, 1.165) is 18.9 Å². The molecule has 1 aliphatic rings. The quantitative estimate of drug-likeness (QED) is 0.773. The minimum absolute atomic E-state index is 0.260. The average molecular weight is 222 g/mol. The van der Waals surface area contributed by atoms with Crippen molar-refractivity contribution in [1.29, 1.82) is 5.26 Å². The van der Waals surface area contributed by atoms with Crippen LogP contribution in [0.15, 0.2) is 0 Å². The van der Waals surface area contributed by atoms with E-state index in [4.69, 9.17) is 5.26 Å². The summed E-state index contributed by atoms with van der Waals surface area (Å²) in [5.74, 6) is 0.883. The summed E-state index contributed by atoms with van der Waals surface area (Å²) in [4.78, 5) is 0. The Balaban J connectivity index is 2.24. The van der Waals surface area contributed by atoms with Crippen molar-refractivity contribution in [1.82, 2.24) is 5.32 Å².